The van der Waals surface area contributed by atoms with Crippen molar-refractivity contribution in [2.75, 3.05) is 5.32 Å². The van der Waals surface area contributed by atoms with E-state index in [-0.39, 0.29) is 11.7 Å². The normalized spacial score (nSPS) is 10.2. The summed E-state index contributed by atoms with van der Waals surface area (Å²) in [4.78, 5) is 18.3. The minimum atomic E-state index is -1.11. The second kappa shape index (κ2) is 4.65. The number of pyridine rings is 1. The number of anilines is 1. The van der Waals surface area contributed by atoms with E-state index in [1.165, 1.54) is 0 Å². The zero-order valence-electron chi connectivity index (χ0n) is 9.17. The highest BCUT2D eigenvalue weighted by Crippen LogP contribution is 2.11. The molecule has 6 nitrogen and oxygen atoms in total. The summed E-state index contributed by atoms with van der Waals surface area (Å²) < 4.78 is 4.96. The molecular weight excluding hydrogens is 222 g/mol. The second-order valence-corrected chi connectivity index (χ2v) is 3.50. The lowest BCUT2D eigenvalue weighted by atomic mass is 10.2. The molecule has 0 aliphatic rings. The zero-order chi connectivity index (χ0) is 12.3. The average molecular weight is 233 g/mol. The third-order valence-electron chi connectivity index (χ3n) is 2.30. The average Bonchev–Trinajstić information content (AvgIpc) is 2.77. The number of rotatable bonds is 4. The summed E-state index contributed by atoms with van der Waals surface area (Å²) in [5.74, 6) is -1.11. The molecule has 2 N–H and O–H groups in total. The second-order valence-electron chi connectivity index (χ2n) is 3.50. The van der Waals surface area contributed by atoms with E-state index in [0.717, 1.165) is 17.4 Å². The van der Waals surface area contributed by atoms with Crippen molar-refractivity contribution in [3.05, 3.63) is 41.5 Å². The molecule has 0 fully saturated rings. The summed E-state index contributed by atoms with van der Waals surface area (Å²) in [6.07, 6.45) is 4.55. The van der Waals surface area contributed by atoms with Crippen molar-refractivity contribution in [3.63, 3.8) is 0 Å². The predicted octanol–water partition coefficient (Wildman–Crippen LogP) is 1.69. The Bertz CT molecular complexity index is 536. The molecule has 17 heavy (non-hydrogen) atoms. The van der Waals surface area contributed by atoms with E-state index < -0.39 is 5.97 Å². The Balaban J connectivity index is 2.02. The van der Waals surface area contributed by atoms with Crippen molar-refractivity contribution in [3.8, 4) is 0 Å². The highest BCUT2D eigenvalue weighted by atomic mass is 16.4. The summed E-state index contributed by atoms with van der Waals surface area (Å²) in [5.41, 5.74) is 1.98. The van der Waals surface area contributed by atoms with E-state index in [9.17, 15) is 4.79 Å². The predicted molar refractivity (Wildman–Crippen MR) is 59.8 cm³/mol. The molecule has 2 rings (SSSR count). The molecule has 2 heterocycles. The quantitative estimate of drug-likeness (QED) is 0.835. The first-order valence-electron chi connectivity index (χ1n) is 4.99. The molecule has 0 saturated carbocycles. The van der Waals surface area contributed by atoms with Gasteiger partial charge in [0.05, 0.1) is 0 Å². The van der Waals surface area contributed by atoms with Crippen LogP contribution in [0.3, 0.4) is 0 Å². The van der Waals surface area contributed by atoms with Crippen LogP contribution in [-0.2, 0) is 6.54 Å². The first-order valence-corrected chi connectivity index (χ1v) is 4.99. The lowest BCUT2D eigenvalue weighted by Gasteiger charge is -2.04. The van der Waals surface area contributed by atoms with Crippen molar-refractivity contribution in [2.24, 2.45) is 0 Å². The minimum absolute atomic E-state index is 0.115. The van der Waals surface area contributed by atoms with Gasteiger partial charge in [-0.3, -0.25) is 4.98 Å². The number of oxazole rings is 1. The summed E-state index contributed by atoms with van der Waals surface area (Å²) >= 11 is 0. The lowest BCUT2D eigenvalue weighted by Crippen LogP contribution is -2.03. The Morgan fingerprint density at radius 1 is 1.59 bits per heavy atom. The molecule has 0 atom stereocenters. The van der Waals surface area contributed by atoms with Crippen LogP contribution in [0.15, 0.2) is 29.1 Å². The topological polar surface area (TPSA) is 88.2 Å². The molecule has 2 aromatic heterocycles. The van der Waals surface area contributed by atoms with Crippen LogP contribution in [0, 0.1) is 6.92 Å². The van der Waals surface area contributed by atoms with Crippen LogP contribution in [-0.4, -0.2) is 21.0 Å². The number of carboxylic acids is 1. The maximum atomic E-state index is 10.6. The number of nitrogens with one attached hydrogen (secondary N) is 1. The third-order valence-corrected chi connectivity index (χ3v) is 2.30. The summed E-state index contributed by atoms with van der Waals surface area (Å²) in [6.45, 7) is 2.45. The monoisotopic (exact) mass is 233 g/mol. The molecule has 0 unspecified atom stereocenters. The first kappa shape index (κ1) is 11.1. The van der Waals surface area contributed by atoms with Crippen LogP contribution < -0.4 is 5.32 Å². The minimum Gasteiger partial charge on any atom is -0.476 e. The smallest absolute Gasteiger partial charge is 0.357 e. The molecule has 0 radical (unpaired) electrons. The molecule has 88 valence electrons. The molecule has 0 aromatic carbocycles. The maximum absolute atomic E-state index is 10.6. The highest BCUT2D eigenvalue weighted by Gasteiger charge is 2.09. The van der Waals surface area contributed by atoms with Gasteiger partial charge in [-0.15, -0.1) is 0 Å². The van der Waals surface area contributed by atoms with Crippen LogP contribution in [0.1, 0.15) is 21.6 Å². The Hall–Kier alpha value is -2.37. The zero-order valence-corrected chi connectivity index (χ0v) is 9.17. The summed E-state index contributed by atoms with van der Waals surface area (Å²) in [7, 11) is 0. The van der Waals surface area contributed by atoms with Gasteiger partial charge in [-0.05, 0) is 24.1 Å². The van der Waals surface area contributed by atoms with Crippen LogP contribution in [0.2, 0.25) is 0 Å². The van der Waals surface area contributed by atoms with E-state index in [1.807, 2.05) is 13.0 Å². The van der Waals surface area contributed by atoms with Gasteiger partial charge >= 0.3 is 5.97 Å². The van der Waals surface area contributed by atoms with Crippen molar-refractivity contribution in [1.29, 1.82) is 0 Å². The number of carbonyl (C=O) groups is 1. The number of hydrogen-bond donors (Lipinski definition) is 2. The summed E-state index contributed by atoms with van der Waals surface area (Å²) in [6, 6.07) is 2.08. The van der Waals surface area contributed by atoms with Gasteiger partial charge in [-0.1, -0.05) is 0 Å². The van der Waals surface area contributed by atoms with E-state index >= 15 is 0 Å². The van der Waals surface area contributed by atoms with Gasteiger partial charge in [-0.2, -0.15) is 4.98 Å². The van der Waals surface area contributed by atoms with Crippen molar-refractivity contribution >= 4 is 12.0 Å². The first-order chi connectivity index (χ1) is 8.16. The third kappa shape index (κ3) is 2.60. The van der Waals surface area contributed by atoms with Crippen LogP contribution >= 0.6 is 0 Å². The number of hydrogen-bond acceptors (Lipinski definition) is 5. The van der Waals surface area contributed by atoms with E-state index in [1.54, 1.807) is 12.4 Å². The molecule has 0 bridgehead atoms. The standard InChI is InChI=1S/C11H11N3O3/c1-7-2-3-12-4-8(7)5-13-11-14-9(6-17-11)10(15)16/h2-4,6H,5H2,1H3,(H,13,14)(H,15,16). The molecule has 0 spiro atoms. The van der Waals surface area contributed by atoms with Gasteiger partial charge in [-0.25, -0.2) is 4.79 Å². The molecule has 2 aromatic rings. The molecule has 0 amide bonds. The fourth-order valence-electron chi connectivity index (χ4n) is 1.31. The van der Waals surface area contributed by atoms with Crippen LogP contribution in [0.5, 0.6) is 0 Å². The van der Waals surface area contributed by atoms with Crippen molar-refractivity contribution in [1.82, 2.24) is 9.97 Å². The maximum Gasteiger partial charge on any atom is 0.357 e. The van der Waals surface area contributed by atoms with Crippen LogP contribution in [0.25, 0.3) is 0 Å². The highest BCUT2D eigenvalue weighted by molar-refractivity contribution is 5.85. The van der Waals surface area contributed by atoms with E-state index in [4.69, 9.17) is 9.52 Å². The number of aromatic carboxylic acids is 1. The molecule has 6 heteroatoms. The molecular formula is C11H11N3O3. The van der Waals surface area contributed by atoms with Gasteiger partial charge in [0, 0.05) is 18.9 Å². The number of aromatic nitrogens is 2. The van der Waals surface area contributed by atoms with E-state index in [0.29, 0.717) is 6.54 Å². The van der Waals surface area contributed by atoms with Gasteiger partial charge in [0.25, 0.3) is 6.01 Å². The number of nitrogens with zero attached hydrogens (tertiary/aromatic N) is 2. The Morgan fingerprint density at radius 3 is 3.06 bits per heavy atom. The van der Waals surface area contributed by atoms with Crippen LogP contribution in [0.4, 0.5) is 6.01 Å². The van der Waals surface area contributed by atoms with Gasteiger partial charge < -0.3 is 14.8 Å². The van der Waals surface area contributed by atoms with Gasteiger partial charge in [0.15, 0.2) is 5.69 Å². The fraction of sp³-hybridized carbons (Fsp3) is 0.182. The molecule has 0 aliphatic carbocycles. The summed E-state index contributed by atoms with van der Waals surface area (Å²) in [5, 5.41) is 11.6. The van der Waals surface area contributed by atoms with Crippen molar-refractivity contribution in [2.45, 2.75) is 13.5 Å². The van der Waals surface area contributed by atoms with Gasteiger partial charge in [0.1, 0.15) is 6.26 Å². The Morgan fingerprint density at radius 2 is 2.41 bits per heavy atom. The SMILES string of the molecule is Cc1ccncc1CNc1nc(C(=O)O)co1. The number of carboxylic acid groups (broad SMARTS) is 1. The molecule has 0 aliphatic heterocycles. The number of aryl methyl sites for hydroxylation is 1. The Labute approximate surface area is 97.3 Å². The van der Waals surface area contributed by atoms with Crippen molar-refractivity contribution < 1.29 is 14.3 Å². The van der Waals surface area contributed by atoms with E-state index in [2.05, 4.69) is 15.3 Å². The van der Waals surface area contributed by atoms with Gasteiger partial charge in [0.2, 0.25) is 0 Å². The lowest BCUT2D eigenvalue weighted by molar-refractivity contribution is 0.0690. The molecule has 0 saturated heterocycles. The fourth-order valence-corrected chi connectivity index (χ4v) is 1.31. The Kier molecular flexibility index (Phi) is 3.04. The largest absolute Gasteiger partial charge is 0.476 e.